The zero-order chi connectivity index (χ0) is 18.4. The van der Waals surface area contributed by atoms with E-state index < -0.39 is 15.2 Å². The molecule has 130 valence electrons. The van der Waals surface area contributed by atoms with Gasteiger partial charge >= 0.3 is 0 Å². The van der Waals surface area contributed by atoms with E-state index in [4.69, 9.17) is 16.4 Å². The Hall–Kier alpha value is -1.66. The number of aromatic nitrogens is 2. The summed E-state index contributed by atoms with van der Waals surface area (Å²) in [7, 11) is -3.09. The first-order valence-electron chi connectivity index (χ1n) is 7.48. The number of rotatable bonds is 2. The molecule has 0 aliphatic heterocycles. The number of H-pyrrole nitrogens is 1. The van der Waals surface area contributed by atoms with Crippen LogP contribution < -0.4 is 5.43 Å². The Morgan fingerprint density at radius 3 is 2.29 bits per heavy atom. The van der Waals surface area contributed by atoms with Gasteiger partial charge in [-0.15, -0.1) is 0 Å². The Balaban J connectivity index is 2.71. The maximum absolute atomic E-state index is 12.3. The fourth-order valence-corrected chi connectivity index (χ4v) is 4.20. The van der Waals surface area contributed by atoms with Gasteiger partial charge in [-0.05, 0) is 19.9 Å². The second kappa shape index (κ2) is 6.01. The molecule has 2 heterocycles. The Labute approximate surface area is 147 Å². The minimum atomic E-state index is -3.09. The molecule has 5 nitrogen and oxygen atoms in total. The number of halogens is 1. The lowest BCUT2D eigenvalue weighted by atomic mass is 9.90. The first-order chi connectivity index (χ1) is 10.8. The number of aryl methyl sites for hydroxylation is 2. The van der Waals surface area contributed by atoms with Crippen molar-refractivity contribution in [1.82, 2.24) is 9.97 Å². The van der Waals surface area contributed by atoms with E-state index in [0.29, 0.717) is 22.0 Å². The van der Waals surface area contributed by atoms with E-state index in [1.165, 1.54) is 12.3 Å². The van der Waals surface area contributed by atoms with Crippen molar-refractivity contribution in [1.29, 1.82) is 4.78 Å². The molecule has 0 saturated heterocycles. The highest BCUT2D eigenvalue weighted by atomic mass is 35.5. The minimum absolute atomic E-state index is 0.00858. The van der Waals surface area contributed by atoms with Gasteiger partial charge in [0.2, 0.25) is 0 Å². The van der Waals surface area contributed by atoms with E-state index in [2.05, 4.69) is 9.97 Å². The summed E-state index contributed by atoms with van der Waals surface area (Å²) in [6.07, 6.45) is 1.24. The molecule has 1 unspecified atom stereocenters. The number of nitrogens with zero attached hydrogens (tertiary/aromatic N) is 1. The average molecular weight is 368 g/mol. The lowest BCUT2D eigenvalue weighted by Gasteiger charge is -2.21. The highest BCUT2D eigenvalue weighted by molar-refractivity contribution is 7.91. The molecule has 0 aliphatic carbocycles. The molecular formula is C17H22ClN3O2S. The number of nitrogens with one attached hydrogen (secondary N) is 2. The van der Waals surface area contributed by atoms with Crippen molar-refractivity contribution < 1.29 is 4.21 Å². The zero-order valence-electron chi connectivity index (χ0n) is 14.7. The number of pyridine rings is 2. The first-order valence-corrected chi connectivity index (χ1v) is 9.82. The molecule has 0 bridgehead atoms. The number of aromatic amines is 1. The van der Waals surface area contributed by atoms with Crippen LogP contribution in [-0.2, 0) is 15.1 Å². The quantitative estimate of drug-likeness (QED) is 0.839. The average Bonchev–Trinajstić information content (AvgIpc) is 2.37. The molecule has 0 aliphatic rings. The third-order valence-corrected chi connectivity index (χ3v) is 5.29. The second-order valence-corrected chi connectivity index (χ2v) is 9.55. The summed E-state index contributed by atoms with van der Waals surface area (Å²) in [6.45, 7) is 9.61. The van der Waals surface area contributed by atoms with Gasteiger partial charge in [-0.2, -0.15) is 0 Å². The van der Waals surface area contributed by atoms with E-state index in [0.717, 1.165) is 11.4 Å². The largest absolute Gasteiger partial charge is 0.357 e. The van der Waals surface area contributed by atoms with Crippen molar-refractivity contribution in [2.45, 2.75) is 44.9 Å². The van der Waals surface area contributed by atoms with Crippen LogP contribution in [-0.4, -0.2) is 20.4 Å². The van der Waals surface area contributed by atoms with Crippen LogP contribution in [0, 0.1) is 18.6 Å². The lowest BCUT2D eigenvalue weighted by molar-refractivity contribution is 0.567. The second-order valence-electron chi connectivity index (χ2n) is 7.05. The highest BCUT2D eigenvalue weighted by Crippen LogP contribution is 2.32. The summed E-state index contributed by atoms with van der Waals surface area (Å²) < 4.78 is 19.6. The number of hydrogen-bond acceptors (Lipinski definition) is 4. The topological polar surface area (TPSA) is 86.7 Å². The van der Waals surface area contributed by atoms with Gasteiger partial charge in [-0.25, -0.2) is 8.99 Å². The maximum atomic E-state index is 12.3. The lowest BCUT2D eigenvalue weighted by Crippen LogP contribution is -2.17. The van der Waals surface area contributed by atoms with Crippen molar-refractivity contribution in [3.8, 4) is 11.3 Å². The third kappa shape index (κ3) is 3.54. The summed E-state index contributed by atoms with van der Waals surface area (Å²) in [5.74, 6) is 0. The monoisotopic (exact) mass is 367 g/mol. The molecule has 0 spiro atoms. The van der Waals surface area contributed by atoms with Gasteiger partial charge in [0.15, 0.2) is 5.43 Å². The molecule has 7 heteroatoms. The van der Waals surface area contributed by atoms with Gasteiger partial charge in [0, 0.05) is 34.7 Å². The molecule has 1 atom stereocenters. The van der Waals surface area contributed by atoms with Crippen molar-refractivity contribution >= 4 is 21.3 Å². The highest BCUT2D eigenvalue weighted by Gasteiger charge is 2.22. The molecule has 2 N–H and O–H groups in total. The fraction of sp³-hybridized carbons (Fsp3) is 0.412. The third-order valence-electron chi connectivity index (χ3n) is 3.72. The van der Waals surface area contributed by atoms with Crippen LogP contribution in [0.3, 0.4) is 0 Å². The van der Waals surface area contributed by atoms with Gasteiger partial charge in [0.25, 0.3) is 0 Å². The Morgan fingerprint density at radius 1 is 1.25 bits per heavy atom. The van der Waals surface area contributed by atoms with Gasteiger partial charge in [-0.3, -0.25) is 9.78 Å². The predicted molar refractivity (Wildman–Crippen MR) is 98.5 cm³/mol. The fourth-order valence-electron chi connectivity index (χ4n) is 2.68. The van der Waals surface area contributed by atoms with Crippen LogP contribution in [0.4, 0.5) is 0 Å². The minimum Gasteiger partial charge on any atom is -0.357 e. The smallest absolute Gasteiger partial charge is 0.199 e. The predicted octanol–water partition coefficient (Wildman–Crippen LogP) is 4.04. The van der Waals surface area contributed by atoms with E-state index >= 15 is 0 Å². The summed E-state index contributed by atoms with van der Waals surface area (Å²) in [6, 6.07) is 3.15. The first kappa shape index (κ1) is 18.7. The van der Waals surface area contributed by atoms with Crippen molar-refractivity contribution in [3.05, 3.63) is 44.5 Å². The van der Waals surface area contributed by atoms with Crippen molar-refractivity contribution in [3.63, 3.8) is 0 Å². The molecule has 0 radical (unpaired) electrons. The van der Waals surface area contributed by atoms with Gasteiger partial charge < -0.3 is 4.98 Å². The Bertz CT molecular complexity index is 971. The maximum Gasteiger partial charge on any atom is 0.199 e. The van der Waals surface area contributed by atoms with Gasteiger partial charge in [-0.1, -0.05) is 32.4 Å². The standard InChI is InChI=1S/C17H22ClN3O2S/c1-9-11(7-12(18)16(21-9)17(3,4)5)13-8-14(22)15(10(2)20-13)24(6,19)23/h7-8,19H,1-6H3,(H,20,22). The molecular weight excluding hydrogens is 346 g/mol. The van der Waals surface area contributed by atoms with E-state index in [9.17, 15) is 9.00 Å². The molecule has 0 amide bonds. The van der Waals surface area contributed by atoms with Crippen LogP contribution in [0.1, 0.15) is 37.9 Å². The summed E-state index contributed by atoms with van der Waals surface area (Å²) >= 11 is 6.39. The van der Waals surface area contributed by atoms with Crippen LogP contribution in [0.25, 0.3) is 11.3 Å². The molecule has 2 aromatic heterocycles. The van der Waals surface area contributed by atoms with Gasteiger partial charge in [0.1, 0.15) is 4.90 Å². The molecule has 24 heavy (non-hydrogen) atoms. The molecule has 0 saturated carbocycles. The van der Waals surface area contributed by atoms with Crippen LogP contribution in [0.2, 0.25) is 5.02 Å². The van der Waals surface area contributed by atoms with E-state index in [-0.39, 0.29) is 10.3 Å². The molecule has 2 rings (SSSR count). The number of hydrogen-bond donors (Lipinski definition) is 2. The van der Waals surface area contributed by atoms with Gasteiger partial charge in [0.05, 0.1) is 26.1 Å². The van der Waals surface area contributed by atoms with Crippen LogP contribution >= 0.6 is 11.6 Å². The summed E-state index contributed by atoms with van der Waals surface area (Å²) in [4.78, 5) is 20.0. The Kier molecular flexibility index (Phi) is 4.67. The van der Waals surface area contributed by atoms with E-state index in [1.807, 2.05) is 27.7 Å². The van der Waals surface area contributed by atoms with Crippen molar-refractivity contribution in [2.24, 2.45) is 0 Å². The molecule has 0 aromatic carbocycles. The Morgan fingerprint density at radius 2 is 1.83 bits per heavy atom. The normalized spacial score (nSPS) is 14.5. The SMILES string of the molecule is Cc1nc(C(C)(C)C)c(Cl)cc1-c1cc(=O)c(S(C)(=N)=O)c(C)[nH]1. The molecule has 0 fully saturated rings. The summed E-state index contributed by atoms with van der Waals surface area (Å²) in [5.41, 5.74) is 2.63. The summed E-state index contributed by atoms with van der Waals surface area (Å²) in [5, 5.41) is 0.533. The van der Waals surface area contributed by atoms with Crippen molar-refractivity contribution in [2.75, 3.05) is 6.26 Å². The van der Waals surface area contributed by atoms with Crippen LogP contribution in [0.15, 0.2) is 21.8 Å². The molecule has 2 aromatic rings. The van der Waals surface area contributed by atoms with E-state index in [1.54, 1.807) is 13.0 Å². The zero-order valence-corrected chi connectivity index (χ0v) is 16.3. The van der Waals surface area contributed by atoms with Crippen LogP contribution in [0.5, 0.6) is 0 Å².